The van der Waals surface area contributed by atoms with E-state index in [0.717, 1.165) is 30.5 Å². The summed E-state index contributed by atoms with van der Waals surface area (Å²) in [5.74, 6) is 0.742. The summed E-state index contributed by atoms with van der Waals surface area (Å²) < 4.78 is 19.5. The Morgan fingerprint density at radius 2 is 2.05 bits per heavy atom. The second-order valence-corrected chi connectivity index (χ2v) is 6.00. The number of aromatic nitrogens is 1. The van der Waals surface area contributed by atoms with E-state index >= 15 is 0 Å². The second kappa shape index (κ2) is 6.12. The Morgan fingerprint density at radius 1 is 1.24 bits per heavy atom. The van der Waals surface area contributed by atoms with E-state index in [1.165, 1.54) is 24.1 Å². The van der Waals surface area contributed by atoms with Gasteiger partial charge >= 0.3 is 0 Å². The van der Waals surface area contributed by atoms with Gasteiger partial charge in [-0.1, -0.05) is 0 Å². The van der Waals surface area contributed by atoms with Crippen LogP contribution in [0, 0.1) is 5.82 Å². The molecule has 1 aliphatic rings. The first kappa shape index (κ1) is 14.5. The van der Waals surface area contributed by atoms with Crippen LogP contribution in [0.15, 0.2) is 28.7 Å². The third-order valence-electron chi connectivity index (χ3n) is 3.66. The molecule has 0 saturated heterocycles. The first-order valence-corrected chi connectivity index (χ1v) is 7.81. The molecule has 0 atom stereocenters. The largest absolute Gasteiger partial charge is 0.437 e. The van der Waals surface area contributed by atoms with Gasteiger partial charge in [0, 0.05) is 17.8 Å². The number of benzene rings is 1. The van der Waals surface area contributed by atoms with Gasteiger partial charge in [-0.15, -0.1) is 0 Å². The first-order valence-electron chi connectivity index (χ1n) is 7.02. The van der Waals surface area contributed by atoms with Crippen molar-refractivity contribution >= 4 is 15.9 Å². The third-order valence-corrected chi connectivity index (χ3v) is 4.28. The predicted octanol–water partition coefficient (Wildman–Crippen LogP) is 4.11. The zero-order chi connectivity index (χ0) is 14.8. The van der Waals surface area contributed by atoms with E-state index in [0.29, 0.717) is 22.6 Å². The maximum Gasteiger partial charge on any atom is 0.224 e. The number of halogens is 2. The van der Waals surface area contributed by atoms with Gasteiger partial charge in [-0.25, -0.2) is 9.37 Å². The van der Waals surface area contributed by atoms with Crippen molar-refractivity contribution < 1.29 is 9.13 Å². The van der Waals surface area contributed by atoms with Gasteiger partial charge < -0.3 is 10.5 Å². The van der Waals surface area contributed by atoms with Gasteiger partial charge in [0.25, 0.3) is 0 Å². The monoisotopic (exact) mass is 350 g/mol. The standard InChI is InChI=1S/C16H16BrFN2O/c17-13-8-12(18)5-6-15(13)21-16-11(9-19)7-10-3-1-2-4-14(10)20-16/h5-8H,1-4,9,19H2. The van der Waals surface area contributed by atoms with Crippen LogP contribution in [0.25, 0.3) is 0 Å². The van der Waals surface area contributed by atoms with Crippen molar-refractivity contribution in [2.45, 2.75) is 32.2 Å². The van der Waals surface area contributed by atoms with E-state index in [-0.39, 0.29) is 5.82 Å². The van der Waals surface area contributed by atoms with Crippen LogP contribution in [0.3, 0.4) is 0 Å². The molecule has 0 bridgehead atoms. The number of ether oxygens (including phenoxy) is 1. The van der Waals surface area contributed by atoms with Crippen molar-refractivity contribution in [1.29, 1.82) is 0 Å². The molecule has 0 fully saturated rings. The molecule has 1 aliphatic carbocycles. The summed E-state index contributed by atoms with van der Waals surface area (Å²) in [5.41, 5.74) is 9.05. The molecular formula is C16H16BrFN2O. The highest BCUT2D eigenvalue weighted by Crippen LogP contribution is 2.33. The Bertz CT molecular complexity index is 676. The maximum atomic E-state index is 13.1. The summed E-state index contributed by atoms with van der Waals surface area (Å²) >= 11 is 3.30. The van der Waals surface area contributed by atoms with Gasteiger partial charge in [0.05, 0.1) is 4.47 Å². The molecule has 0 aliphatic heterocycles. The van der Waals surface area contributed by atoms with Crippen molar-refractivity contribution in [3.8, 4) is 11.6 Å². The molecule has 2 N–H and O–H groups in total. The number of aryl methyl sites for hydroxylation is 2. The van der Waals surface area contributed by atoms with Crippen molar-refractivity contribution in [2.24, 2.45) is 5.73 Å². The fourth-order valence-electron chi connectivity index (χ4n) is 2.56. The molecule has 0 spiro atoms. The van der Waals surface area contributed by atoms with Gasteiger partial charge in [-0.05, 0) is 71.4 Å². The molecule has 5 heteroatoms. The van der Waals surface area contributed by atoms with Gasteiger partial charge in [0.2, 0.25) is 5.88 Å². The topological polar surface area (TPSA) is 48.1 Å². The van der Waals surface area contributed by atoms with Gasteiger partial charge in [-0.2, -0.15) is 0 Å². The number of rotatable bonds is 3. The van der Waals surface area contributed by atoms with Crippen LogP contribution in [-0.4, -0.2) is 4.98 Å². The van der Waals surface area contributed by atoms with E-state index in [4.69, 9.17) is 10.5 Å². The van der Waals surface area contributed by atoms with Crippen molar-refractivity contribution in [3.63, 3.8) is 0 Å². The number of nitrogens with two attached hydrogens (primary N) is 1. The van der Waals surface area contributed by atoms with Gasteiger partial charge in [0.1, 0.15) is 11.6 Å². The Hall–Kier alpha value is -1.46. The molecule has 3 nitrogen and oxygen atoms in total. The Kier molecular flexibility index (Phi) is 4.22. The van der Waals surface area contributed by atoms with Crippen LogP contribution in [0.4, 0.5) is 4.39 Å². The average molecular weight is 351 g/mol. The third kappa shape index (κ3) is 3.09. The average Bonchev–Trinajstić information content (AvgIpc) is 2.49. The maximum absolute atomic E-state index is 13.1. The molecule has 2 aromatic rings. The van der Waals surface area contributed by atoms with Gasteiger partial charge in [0.15, 0.2) is 0 Å². The number of pyridine rings is 1. The Labute approximate surface area is 131 Å². The zero-order valence-electron chi connectivity index (χ0n) is 11.5. The fourth-order valence-corrected chi connectivity index (χ4v) is 2.99. The Balaban J connectivity index is 1.97. The SMILES string of the molecule is NCc1cc2c(nc1Oc1ccc(F)cc1Br)CCCC2. The van der Waals surface area contributed by atoms with Crippen molar-refractivity contribution in [3.05, 3.63) is 51.4 Å². The van der Waals surface area contributed by atoms with E-state index in [9.17, 15) is 4.39 Å². The lowest BCUT2D eigenvalue weighted by Gasteiger charge is -2.18. The summed E-state index contributed by atoms with van der Waals surface area (Å²) in [5, 5.41) is 0. The number of nitrogens with zero attached hydrogens (tertiary/aromatic N) is 1. The molecule has 0 radical (unpaired) electrons. The summed E-state index contributed by atoms with van der Waals surface area (Å²) in [6.07, 6.45) is 4.38. The van der Waals surface area contributed by atoms with Crippen LogP contribution >= 0.6 is 15.9 Å². The van der Waals surface area contributed by atoms with Crippen LogP contribution in [0.2, 0.25) is 0 Å². The molecule has 1 aromatic carbocycles. The smallest absolute Gasteiger partial charge is 0.224 e. The molecule has 3 rings (SSSR count). The minimum absolute atomic E-state index is 0.313. The lowest BCUT2D eigenvalue weighted by Crippen LogP contribution is -2.10. The van der Waals surface area contributed by atoms with Crippen molar-refractivity contribution in [1.82, 2.24) is 4.98 Å². The van der Waals surface area contributed by atoms with E-state index in [2.05, 4.69) is 27.0 Å². The Morgan fingerprint density at radius 3 is 2.81 bits per heavy atom. The van der Waals surface area contributed by atoms with E-state index in [1.54, 1.807) is 6.07 Å². The molecular weight excluding hydrogens is 335 g/mol. The normalized spacial score (nSPS) is 13.9. The van der Waals surface area contributed by atoms with Crippen LogP contribution in [-0.2, 0) is 19.4 Å². The summed E-state index contributed by atoms with van der Waals surface area (Å²) in [6.45, 7) is 0.369. The van der Waals surface area contributed by atoms with Gasteiger partial charge in [-0.3, -0.25) is 0 Å². The van der Waals surface area contributed by atoms with Crippen LogP contribution in [0.1, 0.15) is 29.7 Å². The molecule has 0 unspecified atom stereocenters. The summed E-state index contributed by atoms with van der Waals surface area (Å²) in [6, 6.07) is 6.41. The van der Waals surface area contributed by atoms with Crippen LogP contribution in [0.5, 0.6) is 11.6 Å². The number of hydrogen-bond acceptors (Lipinski definition) is 3. The van der Waals surface area contributed by atoms with E-state index < -0.39 is 0 Å². The predicted molar refractivity (Wildman–Crippen MR) is 82.9 cm³/mol. The minimum Gasteiger partial charge on any atom is -0.437 e. The first-order chi connectivity index (χ1) is 10.2. The van der Waals surface area contributed by atoms with Crippen LogP contribution < -0.4 is 10.5 Å². The second-order valence-electron chi connectivity index (χ2n) is 5.15. The molecule has 0 saturated carbocycles. The zero-order valence-corrected chi connectivity index (χ0v) is 13.1. The highest BCUT2D eigenvalue weighted by atomic mass is 79.9. The van der Waals surface area contributed by atoms with Crippen molar-refractivity contribution in [2.75, 3.05) is 0 Å². The molecule has 21 heavy (non-hydrogen) atoms. The molecule has 1 heterocycles. The quantitative estimate of drug-likeness (QED) is 0.905. The highest BCUT2D eigenvalue weighted by molar-refractivity contribution is 9.10. The number of fused-ring (bicyclic) bond motifs is 1. The fraction of sp³-hybridized carbons (Fsp3) is 0.312. The number of hydrogen-bond donors (Lipinski definition) is 1. The summed E-state index contributed by atoms with van der Waals surface area (Å²) in [7, 11) is 0. The highest BCUT2D eigenvalue weighted by Gasteiger charge is 2.16. The minimum atomic E-state index is -0.313. The summed E-state index contributed by atoms with van der Waals surface area (Å²) in [4.78, 5) is 4.63. The molecule has 110 valence electrons. The molecule has 0 amide bonds. The van der Waals surface area contributed by atoms with E-state index in [1.807, 2.05) is 0 Å². The lowest BCUT2D eigenvalue weighted by atomic mass is 9.95. The lowest BCUT2D eigenvalue weighted by molar-refractivity contribution is 0.447. The molecule has 1 aromatic heterocycles.